The molecule has 27 heavy (non-hydrogen) atoms. The summed E-state index contributed by atoms with van der Waals surface area (Å²) >= 11 is 0. The minimum Gasteiger partial charge on any atom is -0.436 e. The molecule has 0 saturated heterocycles. The number of aromatic nitrogens is 3. The Morgan fingerprint density at radius 3 is 2.67 bits per heavy atom. The van der Waals surface area contributed by atoms with Crippen molar-refractivity contribution in [1.29, 1.82) is 5.26 Å². The first-order valence-electron chi connectivity index (χ1n) is 8.61. The molecule has 0 atom stereocenters. The van der Waals surface area contributed by atoms with Crippen molar-refractivity contribution in [1.82, 2.24) is 15.0 Å². The number of halogens is 1. The Balaban J connectivity index is 1.79. The van der Waals surface area contributed by atoms with Crippen LogP contribution in [0, 0.1) is 17.1 Å². The lowest BCUT2D eigenvalue weighted by Gasteiger charge is -2.28. The van der Waals surface area contributed by atoms with Crippen LogP contribution in [0.3, 0.4) is 0 Å². The zero-order valence-corrected chi connectivity index (χ0v) is 14.4. The van der Waals surface area contributed by atoms with Gasteiger partial charge in [-0.25, -0.2) is 14.4 Å². The second-order valence-corrected chi connectivity index (χ2v) is 6.37. The molecule has 2 N–H and O–H groups in total. The van der Waals surface area contributed by atoms with Gasteiger partial charge >= 0.3 is 0 Å². The van der Waals surface area contributed by atoms with Crippen molar-refractivity contribution >= 4 is 5.82 Å². The normalized spacial score (nSPS) is 13.6. The zero-order chi connectivity index (χ0) is 18.8. The highest BCUT2D eigenvalue weighted by atomic mass is 19.1. The van der Waals surface area contributed by atoms with Gasteiger partial charge in [0.25, 0.3) is 0 Å². The van der Waals surface area contributed by atoms with E-state index >= 15 is 4.39 Å². The van der Waals surface area contributed by atoms with Gasteiger partial charge in [-0.05, 0) is 30.9 Å². The Morgan fingerprint density at radius 1 is 1.15 bits per heavy atom. The van der Waals surface area contributed by atoms with Crippen molar-refractivity contribution in [3.8, 4) is 29.0 Å². The molecular weight excluding hydrogens is 345 g/mol. The van der Waals surface area contributed by atoms with E-state index in [0.29, 0.717) is 5.69 Å². The maximum atomic E-state index is 15.4. The van der Waals surface area contributed by atoms with Crippen molar-refractivity contribution in [2.45, 2.75) is 25.2 Å². The van der Waals surface area contributed by atoms with E-state index < -0.39 is 5.82 Å². The van der Waals surface area contributed by atoms with Gasteiger partial charge < -0.3 is 10.5 Å². The minimum absolute atomic E-state index is 0.124. The third kappa shape index (κ3) is 3.29. The van der Waals surface area contributed by atoms with E-state index in [2.05, 4.69) is 15.0 Å². The summed E-state index contributed by atoms with van der Waals surface area (Å²) in [5, 5.41) is 9.02. The Labute approximate surface area is 155 Å². The lowest BCUT2D eigenvalue weighted by Crippen LogP contribution is -2.11. The van der Waals surface area contributed by atoms with Gasteiger partial charge in [0.1, 0.15) is 17.6 Å². The summed E-state index contributed by atoms with van der Waals surface area (Å²) in [7, 11) is 0. The van der Waals surface area contributed by atoms with E-state index in [1.54, 1.807) is 24.3 Å². The van der Waals surface area contributed by atoms with Gasteiger partial charge in [0.15, 0.2) is 11.6 Å². The summed E-state index contributed by atoms with van der Waals surface area (Å²) in [4.78, 5) is 12.2. The number of benzene rings is 1. The number of anilines is 1. The standard InChI is InChI=1S/C20H16FN5O/c21-19-15(16-10-25-17(23)11-24-16)8-7-14(12-3-1-4-12)20(19)27-18-6-2-5-13(9-22)26-18/h2,5-8,10-12H,1,3-4H2,(H2,23,25). The molecule has 6 nitrogen and oxygen atoms in total. The van der Waals surface area contributed by atoms with E-state index in [1.807, 2.05) is 12.1 Å². The second-order valence-electron chi connectivity index (χ2n) is 6.37. The molecule has 1 saturated carbocycles. The van der Waals surface area contributed by atoms with Crippen LogP contribution in [0.25, 0.3) is 11.3 Å². The largest absolute Gasteiger partial charge is 0.436 e. The van der Waals surface area contributed by atoms with E-state index in [4.69, 9.17) is 15.7 Å². The summed E-state index contributed by atoms with van der Waals surface area (Å²) in [5.74, 6) is 0.287. The fourth-order valence-electron chi connectivity index (χ4n) is 3.03. The lowest BCUT2D eigenvalue weighted by atomic mass is 9.79. The highest BCUT2D eigenvalue weighted by Crippen LogP contribution is 2.44. The van der Waals surface area contributed by atoms with Crippen LogP contribution in [0.15, 0.2) is 42.7 Å². The molecule has 4 rings (SSSR count). The summed E-state index contributed by atoms with van der Waals surface area (Å²) in [6, 6.07) is 10.3. The molecule has 1 aliphatic carbocycles. The maximum absolute atomic E-state index is 15.4. The average Bonchev–Trinajstić information content (AvgIpc) is 2.64. The molecule has 134 valence electrons. The fourth-order valence-corrected chi connectivity index (χ4v) is 3.03. The molecule has 2 aromatic heterocycles. The van der Waals surface area contributed by atoms with E-state index in [1.165, 1.54) is 12.4 Å². The van der Waals surface area contributed by atoms with Crippen molar-refractivity contribution in [2.75, 3.05) is 5.73 Å². The van der Waals surface area contributed by atoms with Gasteiger partial charge in [0, 0.05) is 17.2 Å². The van der Waals surface area contributed by atoms with Crippen LogP contribution in [0.1, 0.15) is 36.4 Å². The summed E-state index contributed by atoms with van der Waals surface area (Å²) in [5.41, 5.74) is 7.21. The Morgan fingerprint density at radius 2 is 2.00 bits per heavy atom. The predicted molar refractivity (Wildman–Crippen MR) is 97.5 cm³/mol. The highest BCUT2D eigenvalue weighted by Gasteiger charge is 2.27. The third-order valence-corrected chi connectivity index (χ3v) is 4.67. The van der Waals surface area contributed by atoms with Gasteiger partial charge in [-0.1, -0.05) is 18.6 Å². The quantitative estimate of drug-likeness (QED) is 0.748. The van der Waals surface area contributed by atoms with Gasteiger partial charge in [-0.15, -0.1) is 0 Å². The maximum Gasteiger partial charge on any atom is 0.220 e. The van der Waals surface area contributed by atoms with Gasteiger partial charge in [-0.2, -0.15) is 5.26 Å². The Kier molecular flexibility index (Phi) is 4.38. The van der Waals surface area contributed by atoms with Crippen LogP contribution in [0.5, 0.6) is 11.6 Å². The molecule has 0 aliphatic heterocycles. The summed E-state index contributed by atoms with van der Waals surface area (Å²) in [6.07, 6.45) is 5.90. The van der Waals surface area contributed by atoms with Crippen LogP contribution in [-0.2, 0) is 0 Å². The molecular formula is C20H16FN5O. The molecule has 1 aliphatic rings. The van der Waals surface area contributed by atoms with Crippen molar-refractivity contribution in [3.63, 3.8) is 0 Å². The number of rotatable bonds is 4. The molecule has 0 spiro atoms. The number of nitrogens with two attached hydrogens (primary N) is 1. The molecule has 3 aromatic rings. The van der Waals surface area contributed by atoms with E-state index in [-0.39, 0.29) is 34.6 Å². The molecule has 0 unspecified atom stereocenters. The number of hydrogen-bond acceptors (Lipinski definition) is 6. The monoisotopic (exact) mass is 361 g/mol. The molecule has 0 amide bonds. The number of nitriles is 1. The number of nitrogen functional groups attached to an aromatic ring is 1. The Hall–Kier alpha value is -3.53. The molecule has 1 fully saturated rings. The predicted octanol–water partition coefficient (Wildman–Crippen LogP) is 4.19. The molecule has 1 aromatic carbocycles. The fraction of sp³-hybridized carbons (Fsp3) is 0.200. The van der Waals surface area contributed by atoms with E-state index in [9.17, 15) is 0 Å². The molecule has 2 heterocycles. The van der Waals surface area contributed by atoms with E-state index in [0.717, 1.165) is 24.8 Å². The topological polar surface area (TPSA) is 97.7 Å². The zero-order valence-electron chi connectivity index (χ0n) is 14.4. The first kappa shape index (κ1) is 16.9. The molecule has 0 radical (unpaired) electrons. The Bertz CT molecular complexity index is 1030. The van der Waals surface area contributed by atoms with Crippen molar-refractivity contribution < 1.29 is 9.13 Å². The van der Waals surface area contributed by atoms with Crippen LogP contribution < -0.4 is 10.5 Å². The average molecular weight is 361 g/mol. The SMILES string of the molecule is N#Cc1cccc(Oc2c(C3CCC3)ccc(-c3cnc(N)cn3)c2F)n1. The lowest BCUT2D eigenvalue weighted by molar-refractivity contribution is 0.378. The van der Waals surface area contributed by atoms with Gasteiger partial charge in [-0.3, -0.25) is 4.98 Å². The first-order valence-corrected chi connectivity index (χ1v) is 8.61. The smallest absolute Gasteiger partial charge is 0.220 e. The van der Waals surface area contributed by atoms with Crippen LogP contribution in [0.4, 0.5) is 10.2 Å². The summed E-state index contributed by atoms with van der Waals surface area (Å²) in [6.45, 7) is 0. The van der Waals surface area contributed by atoms with Crippen LogP contribution in [-0.4, -0.2) is 15.0 Å². The second kappa shape index (κ2) is 7.00. The van der Waals surface area contributed by atoms with Gasteiger partial charge in [0.05, 0.1) is 18.1 Å². The number of ether oxygens (including phenoxy) is 1. The number of nitrogens with zero attached hydrogens (tertiary/aromatic N) is 4. The van der Waals surface area contributed by atoms with Crippen LogP contribution >= 0.6 is 0 Å². The number of pyridine rings is 1. The third-order valence-electron chi connectivity index (χ3n) is 4.67. The van der Waals surface area contributed by atoms with Crippen molar-refractivity contribution in [2.24, 2.45) is 0 Å². The first-order chi connectivity index (χ1) is 13.2. The number of hydrogen-bond donors (Lipinski definition) is 1. The van der Waals surface area contributed by atoms with Gasteiger partial charge in [0.2, 0.25) is 5.88 Å². The van der Waals surface area contributed by atoms with Crippen LogP contribution in [0.2, 0.25) is 0 Å². The molecule has 0 bridgehead atoms. The minimum atomic E-state index is -0.525. The van der Waals surface area contributed by atoms with Crippen molar-refractivity contribution in [3.05, 3.63) is 59.8 Å². The summed E-state index contributed by atoms with van der Waals surface area (Å²) < 4.78 is 21.2. The highest BCUT2D eigenvalue weighted by molar-refractivity contribution is 5.64. The molecule has 7 heteroatoms.